The molecule has 1 saturated carbocycles. The van der Waals surface area contributed by atoms with Crippen molar-refractivity contribution in [1.29, 1.82) is 0 Å². The second kappa shape index (κ2) is 7.14. The zero-order chi connectivity index (χ0) is 15.4. The van der Waals surface area contributed by atoms with Crippen LogP contribution in [-0.2, 0) is 9.53 Å². The SMILES string of the molecule is CC1CCCC(OC(C)C(=O)Nc2ccc(Cl)cc2N)C1. The largest absolute Gasteiger partial charge is 0.397 e. The Labute approximate surface area is 131 Å². The topological polar surface area (TPSA) is 64.3 Å². The lowest BCUT2D eigenvalue weighted by Gasteiger charge is -2.29. The highest BCUT2D eigenvalue weighted by atomic mass is 35.5. The number of hydrogen-bond donors (Lipinski definition) is 2. The number of anilines is 2. The van der Waals surface area contributed by atoms with Gasteiger partial charge >= 0.3 is 0 Å². The number of hydrogen-bond acceptors (Lipinski definition) is 3. The van der Waals surface area contributed by atoms with Gasteiger partial charge in [-0.15, -0.1) is 0 Å². The third kappa shape index (κ3) is 4.61. The molecule has 0 saturated heterocycles. The molecule has 1 aliphatic rings. The van der Waals surface area contributed by atoms with Crippen molar-refractivity contribution in [1.82, 2.24) is 0 Å². The van der Waals surface area contributed by atoms with Crippen molar-refractivity contribution in [3.63, 3.8) is 0 Å². The van der Waals surface area contributed by atoms with Gasteiger partial charge in [0.2, 0.25) is 0 Å². The van der Waals surface area contributed by atoms with Crippen LogP contribution in [0, 0.1) is 5.92 Å². The minimum absolute atomic E-state index is 0.178. The number of nitrogen functional groups attached to an aromatic ring is 1. The van der Waals surface area contributed by atoms with Crippen molar-refractivity contribution in [3.8, 4) is 0 Å². The summed E-state index contributed by atoms with van der Waals surface area (Å²) < 4.78 is 5.88. The lowest BCUT2D eigenvalue weighted by molar-refractivity contribution is -0.131. The molecule has 0 bridgehead atoms. The van der Waals surface area contributed by atoms with E-state index in [1.807, 2.05) is 0 Å². The molecule has 5 heteroatoms. The molecular weight excluding hydrogens is 288 g/mol. The van der Waals surface area contributed by atoms with Gasteiger partial charge in [-0.2, -0.15) is 0 Å². The van der Waals surface area contributed by atoms with Crippen LogP contribution in [0.2, 0.25) is 5.02 Å². The molecule has 0 aromatic heterocycles. The molecule has 21 heavy (non-hydrogen) atoms. The molecule has 3 atom stereocenters. The van der Waals surface area contributed by atoms with E-state index in [1.54, 1.807) is 25.1 Å². The van der Waals surface area contributed by atoms with Crippen LogP contribution in [0.5, 0.6) is 0 Å². The summed E-state index contributed by atoms with van der Waals surface area (Å²) in [6.45, 7) is 4.01. The molecule has 1 fully saturated rings. The van der Waals surface area contributed by atoms with E-state index in [4.69, 9.17) is 22.1 Å². The molecule has 1 aliphatic carbocycles. The standard InChI is InChI=1S/C16H23ClN2O2/c1-10-4-3-5-13(8-10)21-11(2)16(20)19-15-7-6-12(17)9-14(15)18/h6-7,9-11,13H,3-5,8,18H2,1-2H3,(H,19,20). The van der Waals surface area contributed by atoms with Gasteiger partial charge in [-0.25, -0.2) is 0 Å². The van der Waals surface area contributed by atoms with E-state index < -0.39 is 6.10 Å². The third-order valence-electron chi connectivity index (χ3n) is 3.93. The maximum Gasteiger partial charge on any atom is 0.253 e. The molecule has 1 aromatic carbocycles. The molecule has 116 valence electrons. The number of rotatable bonds is 4. The van der Waals surface area contributed by atoms with Gasteiger partial charge in [-0.05, 0) is 43.9 Å². The molecule has 3 unspecified atom stereocenters. The molecule has 1 aromatic rings. The molecular formula is C16H23ClN2O2. The van der Waals surface area contributed by atoms with E-state index >= 15 is 0 Å². The second-order valence-electron chi connectivity index (χ2n) is 5.89. The van der Waals surface area contributed by atoms with Gasteiger partial charge in [0.1, 0.15) is 6.10 Å². The van der Waals surface area contributed by atoms with Gasteiger partial charge in [0.25, 0.3) is 5.91 Å². The number of halogens is 1. The predicted molar refractivity (Wildman–Crippen MR) is 86.5 cm³/mol. The summed E-state index contributed by atoms with van der Waals surface area (Å²) in [5, 5.41) is 3.34. The van der Waals surface area contributed by atoms with Gasteiger partial charge in [-0.1, -0.05) is 31.4 Å². The van der Waals surface area contributed by atoms with Crippen LogP contribution in [0.4, 0.5) is 11.4 Å². The Kier molecular flexibility index (Phi) is 5.48. The van der Waals surface area contributed by atoms with Crippen molar-refractivity contribution in [3.05, 3.63) is 23.2 Å². The Hall–Kier alpha value is -1.26. The van der Waals surface area contributed by atoms with Crippen molar-refractivity contribution >= 4 is 28.9 Å². The van der Waals surface area contributed by atoms with Crippen LogP contribution in [0.15, 0.2) is 18.2 Å². The summed E-state index contributed by atoms with van der Waals surface area (Å²) in [6, 6.07) is 5.01. The fourth-order valence-corrected chi connectivity index (χ4v) is 2.91. The zero-order valence-corrected chi connectivity index (χ0v) is 13.3. The summed E-state index contributed by atoms with van der Waals surface area (Å²) in [6.07, 6.45) is 4.17. The lowest BCUT2D eigenvalue weighted by atomic mass is 9.88. The van der Waals surface area contributed by atoms with Gasteiger partial charge in [0.05, 0.1) is 17.5 Å². The molecule has 0 spiro atoms. The van der Waals surface area contributed by atoms with Crippen molar-refractivity contribution in [2.24, 2.45) is 5.92 Å². The number of nitrogens with two attached hydrogens (primary N) is 1. The van der Waals surface area contributed by atoms with E-state index in [2.05, 4.69) is 12.2 Å². The quantitative estimate of drug-likeness (QED) is 0.830. The van der Waals surface area contributed by atoms with Crippen LogP contribution in [-0.4, -0.2) is 18.1 Å². The number of benzene rings is 1. The Morgan fingerprint density at radius 2 is 2.24 bits per heavy atom. The molecule has 1 amide bonds. The highest BCUT2D eigenvalue weighted by molar-refractivity contribution is 6.31. The predicted octanol–water partition coefficient (Wildman–Crippen LogP) is 3.84. The highest BCUT2D eigenvalue weighted by Gasteiger charge is 2.24. The van der Waals surface area contributed by atoms with Crippen LogP contribution < -0.4 is 11.1 Å². The summed E-state index contributed by atoms with van der Waals surface area (Å²) in [5.41, 5.74) is 6.85. The average Bonchev–Trinajstić information content (AvgIpc) is 2.41. The number of ether oxygens (including phenoxy) is 1. The Bertz CT molecular complexity index is 507. The smallest absolute Gasteiger partial charge is 0.253 e. The Balaban J connectivity index is 1.90. The van der Waals surface area contributed by atoms with Crippen molar-refractivity contribution in [2.45, 2.75) is 51.7 Å². The first-order valence-electron chi connectivity index (χ1n) is 7.47. The van der Waals surface area contributed by atoms with Gasteiger partial charge in [0, 0.05) is 5.02 Å². The van der Waals surface area contributed by atoms with Crippen molar-refractivity contribution in [2.75, 3.05) is 11.1 Å². The summed E-state index contributed by atoms with van der Waals surface area (Å²) in [5.74, 6) is 0.494. The number of carbonyl (C=O) groups excluding carboxylic acids is 1. The van der Waals surface area contributed by atoms with Crippen LogP contribution >= 0.6 is 11.6 Å². The highest BCUT2D eigenvalue weighted by Crippen LogP contribution is 2.27. The maximum absolute atomic E-state index is 12.2. The van der Waals surface area contributed by atoms with Crippen LogP contribution in [0.3, 0.4) is 0 Å². The maximum atomic E-state index is 12.2. The first kappa shape index (κ1) is 16.1. The minimum Gasteiger partial charge on any atom is -0.397 e. The summed E-state index contributed by atoms with van der Waals surface area (Å²) in [7, 11) is 0. The summed E-state index contributed by atoms with van der Waals surface area (Å²) in [4.78, 5) is 12.2. The van der Waals surface area contributed by atoms with E-state index in [9.17, 15) is 4.79 Å². The third-order valence-corrected chi connectivity index (χ3v) is 4.16. The van der Waals surface area contributed by atoms with E-state index in [0.29, 0.717) is 22.3 Å². The average molecular weight is 311 g/mol. The Morgan fingerprint density at radius 3 is 2.90 bits per heavy atom. The molecule has 0 heterocycles. The number of nitrogens with one attached hydrogen (secondary N) is 1. The zero-order valence-electron chi connectivity index (χ0n) is 12.6. The number of amides is 1. The molecule has 2 rings (SSSR count). The molecule has 3 N–H and O–H groups in total. The lowest BCUT2D eigenvalue weighted by Crippen LogP contribution is -2.33. The van der Waals surface area contributed by atoms with Crippen LogP contribution in [0.25, 0.3) is 0 Å². The van der Waals surface area contributed by atoms with Gasteiger partial charge < -0.3 is 15.8 Å². The Morgan fingerprint density at radius 1 is 1.48 bits per heavy atom. The van der Waals surface area contributed by atoms with E-state index in [1.165, 1.54) is 12.8 Å². The summed E-state index contributed by atoms with van der Waals surface area (Å²) >= 11 is 5.84. The molecule has 4 nitrogen and oxygen atoms in total. The fraction of sp³-hybridized carbons (Fsp3) is 0.562. The number of carbonyl (C=O) groups is 1. The normalized spacial score (nSPS) is 23.6. The minimum atomic E-state index is -0.490. The first-order valence-corrected chi connectivity index (χ1v) is 7.85. The first-order chi connectivity index (χ1) is 9.95. The second-order valence-corrected chi connectivity index (χ2v) is 6.33. The fourth-order valence-electron chi connectivity index (χ4n) is 2.73. The van der Waals surface area contributed by atoms with Crippen molar-refractivity contribution < 1.29 is 9.53 Å². The molecule has 0 radical (unpaired) electrons. The van der Waals surface area contributed by atoms with E-state index in [0.717, 1.165) is 12.8 Å². The van der Waals surface area contributed by atoms with Gasteiger partial charge in [0.15, 0.2) is 0 Å². The molecule has 0 aliphatic heterocycles. The van der Waals surface area contributed by atoms with E-state index in [-0.39, 0.29) is 12.0 Å². The van der Waals surface area contributed by atoms with Gasteiger partial charge in [-0.3, -0.25) is 4.79 Å². The van der Waals surface area contributed by atoms with Crippen LogP contribution in [0.1, 0.15) is 39.5 Å². The monoisotopic (exact) mass is 310 g/mol.